The maximum Gasteiger partial charge on any atom is 0.230 e. The molecule has 0 aromatic carbocycles. The zero-order valence-electron chi connectivity index (χ0n) is 11.0. The van der Waals surface area contributed by atoms with E-state index >= 15 is 0 Å². The average molecular weight is 292 g/mol. The molecule has 1 saturated carbocycles. The number of carbonyl (C=O) groups is 1. The molecule has 2 N–H and O–H groups in total. The fourth-order valence-electron chi connectivity index (χ4n) is 1.87. The molecule has 1 aliphatic carbocycles. The molecule has 1 aliphatic rings. The van der Waals surface area contributed by atoms with E-state index < -0.39 is 0 Å². The number of rotatable bonds is 7. The van der Waals surface area contributed by atoms with Gasteiger partial charge in [-0.3, -0.25) is 4.79 Å². The zero-order valence-corrected chi connectivity index (χ0v) is 11.8. The molecule has 1 fully saturated rings. The number of aromatic nitrogens is 5. The largest absolute Gasteiger partial charge is 0.355 e. The number of imidazole rings is 1. The van der Waals surface area contributed by atoms with Gasteiger partial charge in [-0.1, -0.05) is 11.8 Å². The zero-order chi connectivity index (χ0) is 13.8. The van der Waals surface area contributed by atoms with Crippen molar-refractivity contribution in [1.82, 2.24) is 30.0 Å². The van der Waals surface area contributed by atoms with Crippen molar-refractivity contribution in [2.24, 2.45) is 0 Å². The Morgan fingerprint density at radius 1 is 1.55 bits per heavy atom. The molecule has 2 aromatic rings. The third kappa shape index (κ3) is 3.38. The first-order valence-corrected chi connectivity index (χ1v) is 7.59. The molecule has 0 saturated heterocycles. The third-order valence-electron chi connectivity index (χ3n) is 3.05. The summed E-state index contributed by atoms with van der Waals surface area (Å²) in [5, 5.41) is 11.7. The van der Waals surface area contributed by atoms with Crippen LogP contribution in [-0.2, 0) is 11.2 Å². The topological polar surface area (TPSA) is 88.5 Å². The van der Waals surface area contributed by atoms with Gasteiger partial charge in [-0.2, -0.15) is 0 Å². The number of nitrogens with zero attached hydrogens (tertiary/aromatic N) is 4. The predicted octanol–water partition coefficient (Wildman–Crippen LogP) is 0.787. The van der Waals surface area contributed by atoms with Gasteiger partial charge in [-0.15, -0.1) is 10.2 Å². The SMILES string of the molecule is O=C(CSc1nncn1C1CC1)NCCc1ncc[nH]1. The number of hydrogen-bond acceptors (Lipinski definition) is 5. The lowest BCUT2D eigenvalue weighted by Crippen LogP contribution is -2.27. The Hall–Kier alpha value is -1.83. The van der Waals surface area contributed by atoms with Crippen molar-refractivity contribution in [1.29, 1.82) is 0 Å². The van der Waals surface area contributed by atoms with Gasteiger partial charge in [-0.05, 0) is 12.8 Å². The second-order valence-electron chi connectivity index (χ2n) is 4.68. The molecule has 1 amide bonds. The fourth-order valence-corrected chi connectivity index (χ4v) is 2.69. The number of hydrogen-bond donors (Lipinski definition) is 2. The van der Waals surface area contributed by atoms with Gasteiger partial charge >= 0.3 is 0 Å². The molecule has 7 nitrogen and oxygen atoms in total. The van der Waals surface area contributed by atoms with E-state index in [1.54, 1.807) is 18.7 Å². The predicted molar refractivity (Wildman–Crippen MR) is 74.3 cm³/mol. The normalized spacial score (nSPS) is 14.4. The standard InChI is InChI=1S/C12H16N6OS/c19-11(15-4-3-10-13-5-6-14-10)7-20-12-17-16-8-18(12)9-1-2-9/h5-6,8-9H,1-4,7H2,(H,13,14)(H,15,19). The second kappa shape index (κ2) is 6.08. The van der Waals surface area contributed by atoms with Crippen molar-refractivity contribution < 1.29 is 4.79 Å². The fraction of sp³-hybridized carbons (Fsp3) is 0.500. The molecule has 0 aliphatic heterocycles. The molecule has 20 heavy (non-hydrogen) atoms. The summed E-state index contributed by atoms with van der Waals surface area (Å²) >= 11 is 1.43. The van der Waals surface area contributed by atoms with E-state index in [0.717, 1.165) is 11.0 Å². The average Bonchev–Trinajstić information content (AvgIpc) is 2.98. The second-order valence-corrected chi connectivity index (χ2v) is 5.62. The number of aromatic amines is 1. The Labute approximate surface area is 120 Å². The highest BCUT2D eigenvalue weighted by Gasteiger charge is 2.26. The van der Waals surface area contributed by atoms with Crippen LogP contribution in [-0.4, -0.2) is 42.9 Å². The van der Waals surface area contributed by atoms with Crippen LogP contribution in [0.1, 0.15) is 24.7 Å². The summed E-state index contributed by atoms with van der Waals surface area (Å²) in [6, 6.07) is 0.537. The first kappa shape index (κ1) is 13.2. The van der Waals surface area contributed by atoms with Crippen LogP contribution in [0.15, 0.2) is 23.9 Å². The van der Waals surface area contributed by atoms with Crippen LogP contribution in [0.3, 0.4) is 0 Å². The van der Waals surface area contributed by atoms with Gasteiger partial charge in [0.05, 0.1) is 5.75 Å². The molecular weight excluding hydrogens is 276 g/mol. The number of H-pyrrole nitrogens is 1. The molecule has 106 valence electrons. The van der Waals surface area contributed by atoms with Crippen LogP contribution in [0.4, 0.5) is 0 Å². The van der Waals surface area contributed by atoms with Crippen molar-refractivity contribution in [3.63, 3.8) is 0 Å². The molecule has 2 heterocycles. The van der Waals surface area contributed by atoms with Gasteiger partial charge in [0.2, 0.25) is 5.91 Å². The Morgan fingerprint density at radius 3 is 3.20 bits per heavy atom. The maximum atomic E-state index is 11.7. The summed E-state index contributed by atoms with van der Waals surface area (Å²) in [5.74, 6) is 1.25. The first-order chi connectivity index (χ1) is 9.83. The van der Waals surface area contributed by atoms with Gasteiger partial charge in [0, 0.05) is 31.4 Å². The van der Waals surface area contributed by atoms with E-state index in [-0.39, 0.29) is 5.91 Å². The Kier molecular flexibility index (Phi) is 4.00. The highest BCUT2D eigenvalue weighted by atomic mass is 32.2. The lowest BCUT2D eigenvalue weighted by atomic mass is 10.4. The van der Waals surface area contributed by atoms with Crippen LogP contribution in [0.25, 0.3) is 0 Å². The molecular formula is C12H16N6OS. The van der Waals surface area contributed by atoms with Gasteiger partial charge in [0.15, 0.2) is 5.16 Å². The number of thioether (sulfide) groups is 1. The van der Waals surface area contributed by atoms with Gasteiger partial charge in [0.25, 0.3) is 0 Å². The Bertz CT molecular complexity index is 562. The molecule has 2 aromatic heterocycles. The lowest BCUT2D eigenvalue weighted by Gasteiger charge is -2.05. The maximum absolute atomic E-state index is 11.7. The minimum atomic E-state index is 0.00639. The molecule has 0 spiro atoms. The number of carbonyl (C=O) groups excluding carboxylic acids is 1. The summed E-state index contributed by atoms with van der Waals surface area (Å²) in [5.41, 5.74) is 0. The number of amides is 1. The third-order valence-corrected chi connectivity index (χ3v) is 4.01. The van der Waals surface area contributed by atoms with Crippen LogP contribution >= 0.6 is 11.8 Å². The van der Waals surface area contributed by atoms with Crippen LogP contribution < -0.4 is 5.32 Å². The van der Waals surface area contributed by atoms with Crippen molar-refractivity contribution in [3.05, 3.63) is 24.5 Å². The van der Waals surface area contributed by atoms with E-state index in [1.807, 2.05) is 0 Å². The summed E-state index contributed by atoms with van der Waals surface area (Å²) in [7, 11) is 0. The molecule has 8 heteroatoms. The first-order valence-electron chi connectivity index (χ1n) is 6.60. The van der Waals surface area contributed by atoms with Crippen molar-refractivity contribution in [2.45, 2.75) is 30.5 Å². The van der Waals surface area contributed by atoms with Crippen molar-refractivity contribution >= 4 is 17.7 Å². The highest BCUT2D eigenvalue weighted by Crippen LogP contribution is 2.37. The molecule has 0 atom stereocenters. The molecule has 0 radical (unpaired) electrons. The van der Waals surface area contributed by atoms with Crippen molar-refractivity contribution in [2.75, 3.05) is 12.3 Å². The van der Waals surface area contributed by atoms with E-state index in [9.17, 15) is 4.79 Å². The molecule has 0 bridgehead atoms. The summed E-state index contributed by atoms with van der Waals surface area (Å²) in [6.07, 6.45) is 8.30. The van der Waals surface area contributed by atoms with E-state index in [1.165, 1.54) is 24.6 Å². The van der Waals surface area contributed by atoms with Crippen LogP contribution in [0.2, 0.25) is 0 Å². The molecule has 3 rings (SSSR count). The van der Waals surface area contributed by atoms with Crippen LogP contribution in [0, 0.1) is 0 Å². The summed E-state index contributed by atoms with van der Waals surface area (Å²) in [4.78, 5) is 18.9. The van der Waals surface area contributed by atoms with E-state index in [4.69, 9.17) is 0 Å². The van der Waals surface area contributed by atoms with Gasteiger partial charge in [0.1, 0.15) is 12.2 Å². The monoisotopic (exact) mass is 292 g/mol. The quantitative estimate of drug-likeness (QED) is 0.736. The lowest BCUT2D eigenvalue weighted by molar-refractivity contribution is -0.118. The van der Waals surface area contributed by atoms with Gasteiger partial charge < -0.3 is 14.9 Å². The van der Waals surface area contributed by atoms with Crippen LogP contribution in [0.5, 0.6) is 0 Å². The van der Waals surface area contributed by atoms with E-state index in [2.05, 4.69) is 30.0 Å². The van der Waals surface area contributed by atoms with Crippen molar-refractivity contribution in [3.8, 4) is 0 Å². The minimum absolute atomic E-state index is 0.00639. The minimum Gasteiger partial charge on any atom is -0.355 e. The van der Waals surface area contributed by atoms with E-state index in [0.29, 0.717) is 24.8 Å². The summed E-state index contributed by atoms with van der Waals surface area (Å²) < 4.78 is 2.06. The Morgan fingerprint density at radius 2 is 2.45 bits per heavy atom. The summed E-state index contributed by atoms with van der Waals surface area (Å²) in [6.45, 7) is 0.586. The Balaban J connectivity index is 1.39. The van der Waals surface area contributed by atoms with Gasteiger partial charge in [-0.25, -0.2) is 4.98 Å². The number of nitrogens with one attached hydrogen (secondary N) is 2. The molecule has 0 unspecified atom stereocenters. The highest BCUT2D eigenvalue weighted by molar-refractivity contribution is 7.99. The smallest absolute Gasteiger partial charge is 0.230 e.